The lowest BCUT2D eigenvalue weighted by atomic mass is 10.0. The Hall–Kier alpha value is -1.76. The Kier molecular flexibility index (Phi) is 2.85. The molecule has 0 aliphatic carbocycles. The molecule has 0 bridgehead atoms. The summed E-state index contributed by atoms with van der Waals surface area (Å²) in [6, 6.07) is 1.57. The number of nitrogens with one attached hydrogen (secondary N) is 1. The van der Waals surface area contributed by atoms with Gasteiger partial charge in [-0.25, -0.2) is 8.78 Å². The average molecular weight is 269 g/mol. The summed E-state index contributed by atoms with van der Waals surface area (Å²) in [7, 11) is 0. The number of nitro benzene ring substituents is 1. The predicted molar refractivity (Wildman–Crippen MR) is 65.1 cm³/mol. The standard InChI is InChI=1S/C12H13F2N3O2/c13-10-1-9(17(18)19)2-11(14)12(10)16-5-7-3-15-4-8(7)6-16/h1-2,7-8,15H,3-6H2/t7-,8+. The van der Waals surface area contributed by atoms with Gasteiger partial charge >= 0.3 is 0 Å². The van der Waals surface area contributed by atoms with Crippen LogP contribution >= 0.6 is 0 Å². The predicted octanol–water partition coefficient (Wildman–Crippen LogP) is 1.53. The van der Waals surface area contributed by atoms with Gasteiger partial charge in [0.1, 0.15) is 5.69 Å². The van der Waals surface area contributed by atoms with Crippen molar-refractivity contribution in [2.75, 3.05) is 31.1 Å². The smallest absolute Gasteiger partial charge is 0.275 e. The second-order valence-corrected chi connectivity index (χ2v) is 5.10. The van der Waals surface area contributed by atoms with E-state index in [1.165, 1.54) is 0 Å². The first-order valence-electron chi connectivity index (χ1n) is 6.15. The summed E-state index contributed by atoms with van der Waals surface area (Å²) in [5.41, 5.74) is -0.695. The maximum Gasteiger partial charge on any atom is 0.275 e. The van der Waals surface area contributed by atoms with Gasteiger partial charge in [-0.15, -0.1) is 0 Å². The summed E-state index contributed by atoms with van der Waals surface area (Å²) in [6.45, 7) is 2.89. The fraction of sp³-hybridized carbons (Fsp3) is 0.500. The summed E-state index contributed by atoms with van der Waals surface area (Å²) < 4.78 is 27.8. The number of hydrogen-bond donors (Lipinski definition) is 1. The van der Waals surface area contributed by atoms with E-state index in [0.29, 0.717) is 24.9 Å². The molecule has 2 atom stereocenters. The van der Waals surface area contributed by atoms with Crippen molar-refractivity contribution < 1.29 is 13.7 Å². The Balaban J connectivity index is 1.91. The van der Waals surface area contributed by atoms with Crippen LogP contribution in [0.15, 0.2) is 12.1 Å². The van der Waals surface area contributed by atoms with Gasteiger partial charge in [-0.05, 0) is 11.8 Å². The number of benzene rings is 1. The third-order valence-corrected chi connectivity index (χ3v) is 3.92. The molecule has 2 saturated heterocycles. The lowest BCUT2D eigenvalue weighted by Crippen LogP contribution is -2.27. The molecule has 2 fully saturated rings. The van der Waals surface area contributed by atoms with Crippen LogP contribution in [0, 0.1) is 33.6 Å². The highest BCUT2D eigenvalue weighted by Crippen LogP contribution is 2.35. The van der Waals surface area contributed by atoms with Crippen LogP contribution in [0.5, 0.6) is 0 Å². The highest BCUT2D eigenvalue weighted by molar-refractivity contribution is 5.54. The third kappa shape index (κ3) is 2.03. The van der Waals surface area contributed by atoms with Crippen LogP contribution in [0.1, 0.15) is 0 Å². The number of fused-ring (bicyclic) bond motifs is 1. The quantitative estimate of drug-likeness (QED) is 0.653. The van der Waals surface area contributed by atoms with Crippen LogP contribution in [-0.4, -0.2) is 31.1 Å². The number of halogens is 2. The van der Waals surface area contributed by atoms with Crippen LogP contribution in [0.25, 0.3) is 0 Å². The molecule has 2 aliphatic rings. The average Bonchev–Trinajstić information content (AvgIpc) is 2.88. The highest BCUT2D eigenvalue weighted by atomic mass is 19.1. The Bertz CT molecular complexity index is 503. The van der Waals surface area contributed by atoms with E-state index in [9.17, 15) is 18.9 Å². The van der Waals surface area contributed by atoms with E-state index in [2.05, 4.69) is 5.32 Å². The molecule has 0 aromatic heterocycles. The Labute approximate surface area is 108 Å². The lowest BCUT2D eigenvalue weighted by molar-refractivity contribution is -0.385. The largest absolute Gasteiger partial charge is 0.366 e. The van der Waals surface area contributed by atoms with E-state index in [-0.39, 0.29) is 5.69 Å². The molecular formula is C12H13F2N3O2. The van der Waals surface area contributed by atoms with Crippen LogP contribution in [0.4, 0.5) is 20.2 Å². The third-order valence-electron chi connectivity index (χ3n) is 3.92. The fourth-order valence-electron chi connectivity index (χ4n) is 3.00. The topological polar surface area (TPSA) is 58.4 Å². The summed E-state index contributed by atoms with van der Waals surface area (Å²) in [6.07, 6.45) is 0. The molecule has 1 N–H and O–H groups in total. The van der Waals surface area contributed by atoms with Crippen LogP contribution in [-0.2, 0) is 0 Å². The van der Waals surface area contributed by atoms with Crippen molar-refractivity contribution in [1.82, 2.24) is 5.32 Å². The zero-order valence-electron chi connectivity index (χ0n) is 10.1. The summed E-state index contributed by atoms with van der Waals surface area (Å²) in [5.74, 6) is -0.928. The van der Waals surface area contributed by atoms with Crippen molar-refractivity contribution >= 4 is 11.4 Å². The maximum absolute atomic E-state index is 13.9. The molecule has 0 spiro atoms. The van der Waals surface area contributed by atoms with Crippen molar-refractivity contribution in [3.63, 3.8) is 0 Å². The van der Waals surface area contributed by atoms with Crippen LogP contribution in [0.3, 0.4) is 0 Å². The lowest BCUT2D eigenvalue weighted by Gasteiger charge is -2.20. The van der Waals surface area contributed by atoms with Gasteiger partial charge in [-0.1, -0.05) is 0 Å². The second kappa shape index (κ2) is 4.41. The molecule has 19 heavy (non-hydrogen) atoms. The zero-order chi connectivity index (χ0) is 13.6. The van der Waals surface area contributed by atoms with E-state index in [1.807, 2.05) is 0 Å². The molecule has 2 heterocycles. The van der Waals surface area contributed by atoms with Gasteiger partial charge in [0.25, 0.3) is 5.69 Å². The molecule has 0 unspecified atom stereocenters. The number of rotatable bonds is 2. The Morgan fingerprint density at radius 1 is 1.21 bits per heavy atom. The molecule has 5 nitrogen and oxygen atoms in total. The number of nitrogens with zero attached hydrogens (tertiary/aromatic N) is 2. The van der Waals surface area contributed by atoms with E-state index in [1.54, 1.807) is 4.90 Å². The van der Waals surface area contributed by atoms with Crippen molar-refractivity contribution in [2.45, 2.75) is 0 Å². The number of hydrogen-bond acceptors (Lipinski definition) is 4. The zero-order valence-corrected chi connectivity index (χ0v) is 10.1. The van der Waals surface area contributed by atoms with Crippen LogP contribution < -0.4 is 10.2 Å². The van der Waals surface area contributed by atoms with E-state index < -0.39 is 22.2 Å². The van der Waals surface area contributed by atoms with Gasteiger partial charge < -0.3 is 10.2 Å². The summed E-state index contributed by atoms with van der Waals surface area (Å²) in [4.78, 5) is 11.4. The first-order valence-corrected chi connectivity index (χ1v) is 6.15. The van der Waals surface area contributed by atoms with Crippen molar-refractivity contribution in [3.05, 3.63) is 33.9 Å². The molecule has 1 aromatic rings. The highest BCUT2D eigenvalue weighted by Gasteiger charge is 2.38. The van der Waals surface area contributed by atoms with Gasteiger partial charge in [-0.2, -0.15) is 0 Å². The minimum atomic E-state index is -0.861. The first-order chi connectivity index (χ1) is 9.06. The van der Waals surface area contributed by atoms with Gasteiger partial charge in [-0.3, -0.25) is 10.1 Å². The van der Waals surface area contributed by atoms with Gasteiger partial charge in [0.05, 0.1) is 17.1 Å². The van der Waals surface area contributed by atoms with E-state index >= 15 is 0 Å². The van der Waals surface area contributed by atoms with Gasteiger partial charge in [0.15, 0.2) is 11.6 Å². The molecule has 0 amide bonds. The van der Waals surface area contributed by atoms with E-state index in [0.717, 1.165) is 25.2 Å². The first kappa shape index (κ1) is 12.3. The van der Waals surface area contributed by atoms with E-state index in [4.69, 9.17) is 0 Å². The van der Waals surface area contributed by atoms with Crippen molar-refractivity contribution in [3.8, 4) is 0 Å². The Morgan fingerprint density at radius 3 is 2.21 bits per heavy atom. The summed E-state index contributed by atoms with van der Waals surface area (Å²) in [5, 5.41) is 13.8. The number of anilines is 1. The Morgan fingerprint density at radius 2 is 1.74 bits per heavy atom. The molecule has 0 saturated carbocycles. The molecule has 1 aromatic carbocycles. The minimum Gasteiger partial charge on any atom is -0.366 e. The molecular weight excluding hydrogens is 256 g/mol. The minimum absolute atomic E-state index is 0.139. The maximum atomic E-state index is 13.9. The van der Waals surface area contributed by atoms with Crippen LogP contribution in [0.2, 0.25) is 0 Å². The molecule has 7 heteroatoms. The molecule has 0 radical (unpaired) electrons. The number of nitro groups is 1. The molecule has 3 rings (SSSR count). The monoisotopic (exact) mass is 269 g/mol. The van der Waals surface area contributed by atoms with Gasteiger partial charge in [0.2, 0.25) is 0 Å². The number of non-ortho nitro benzene ring substituents is 1. The van der Waals surface area contributed by atoms with Crippen molar-refractivity contribution in [1.29, 1.82) is 0 Å². The summed E-state index contributed by atoms with van der Waals surface area (Å²) >= 11 is 0. The SMILES string of the molecule is O=[N+]([O-])c1cc(F)c(N2C[C@H]3CNC[C@H]3C2)c(F)c1. The normalized spacial score (nSPS) is 25.7. The fourth-order valence-corrected chi connectivity index (χ4v) is 3.00. The second-order valence-electron chi connectivity index (χ2n) is 5.10. The molecule has 2 aliphatic heterocycles. The van der Waals surface area contributed by atoms with Gasteiger partial charge in [0, 0.05) is 26.2 Å². The van der Waals surface area contributed by atoms with Crippen molar-refractivity contribution in [2.24, 2.45) is 11.8 Å². The molecule has 102 valence electrons.